The Labute approximate surface area is 246 Å². The van der Waals surface area contributed by atoms with E-state index in [1.807, 2.05) is 39.8 Å². The van der Waals surface area contributed by atoms with Gasteiger partial charge in [-0.3, -0.25) is 24.2 Å². The number of nitriles is 1. The molecule has 1 aliphatic carbocycles. The molecule has 3 aliphatic rings. The maximum atomic E-state index is 13.6. The molecule has 0 saturated heterocycles. The molecular formula is C29H24N4O7S2. The summed E-state index contributed by atoms with van der Waals surface area (Å²) in [5, 5.41) is 21.9. The third-order valence-electron chi connectivity index (χ3n) is 7.88. The first-order valence-electron chi connectivity index (χ1n) is 12.6. The molecule has 0 spiro atoms. The molecule has 0 radical (unpaired) electrons. The number of nitrogens with zero attached hydrogens (tertiary/aromatic N) is 4. The van der Waals surface area contributed by atoms with Gasteiger partial charge in [0.25, 0.3) is 10.1 Å². The molecule has 1 unspecified atom stereocenters. The van der Waals surface area contributed by atoms with Crippen LogP contribution in [0, 0.1) is 17.9 Å². The highest BCUT2D eigenvalue weighted by Gasteiger charge is 2.46. The van der Waals surface area contributed by atoms with E-state index in [1.54, 1.807) is 18.2 Å². The molecule has 0 saturated carbocycles. The highest BCUT2D eigenvalue weighted by Crippen LogP contribution is 2.47. The number of carbonyl (C=O) groups excluding carboxylic acids is 1. The van der Waals surface area contributed by atoms with Crippen molar-refractivity contribution in [2.45, 2.75) is 60.8 Å². The molecule has 214 valence electrons. The zero-order valence-corrected chi connectivity index (χ0v) is 24.5. The lowest BCUT2D eigenvalue weighted by Gasteiger charge is -2.29. The molecule has 2 N–H and O–H groups in total. The van der Waals surface area contributed by atoms with Gasteiger partial charge < -0.3 is 0 Å². The zero-order valence-electron chi connectivity index (χ0n) is 22.9. The molecule has 13 heteroatoms. The van der Waals surface area contributed by atoms with Gasteiger partial charge in [0.2, 0.25) is 0 Å². The highest BCUT2D eigenvalue weighted by molar-refractivity contribution is 7.94. The van der Waals surface area contributed by atoms with Crippen molar-refractivity contribution < 1.29 is 32.4 Å². The van der Waals surface area contributed by atoms with Crippen molar-refractivity contribution in [2.24, 2.45) is 9.98 Å². The molecule has 0 amide bonds. The van der Waals surface area contributed by atoms with Crippen LogP contribution in [0.5, 0.6) is 0 Å². The number of fused-ring (bicyclic) bond motifs is 2. The van der Waals surface area contributed by atoms with Gasteiger partial charge in [0.05, 0.1) is 39.6 Å². The first-order valence-corrected chi connectivity index (χ1v) is 14.8. The third kappa shape index (κ3) is 4.80. The Morgan fingerprint density at radius 2 is 1.79 bits per heavy atom. The van der Waals surface area contributed by atoms with Gasteiger partial charge in [-0.25, -0.2) is 11.8 Å². The lowest BCUT2D eigenvalue weighted by Crippen LogP contribution is -2.35. The van der Waals surface area contributed by atoms with Crippen molar-refractivity contribution in [3.8, 4) is 6.07 Å². The summed E-state index contributed by atoms with van der Waals surface area (Å²) in [7, 11) is -4.42. The van der Waals surface area contributed by atoms with Gasteiger partial charge in [0.15, 0.2) is 11.9 Å². The van der Waals surface area contributed by atoms with Crippen LogP contribution in [0.3, 0.4) is 0 Å². The van der Waals surface area contributed by atoms with Crippen LogP contribution in [0.15, 0.2) is 79.0 Å². The molecule has 2 heterocycles. The maximum absolute atomic E-state index is 13.6. The minimum atomic E-state index is -4.42. The Kier molecular flexibility index (Phi) is 7.31. The van der Waals surface area contributed by atoms with E-state index in [0.29, 0.717) is 44.4 Å². The number of carbonyl (C=O) groups is 1. The van der Waals surface area contributed by atoms with Crippen LogP contribution in [0.25, 0.3) is 4.85 Å². The van der Waals surface area contributed by atoms with Crippen LogP contribution >= 0.6 is 12.0 Å². The average molecular weight is 605 g/mol. The van der Waals surface area contributed by atoms with Gasteiger partial charge >= 0.3 is 6.04 Å². The smallest absolute Gasteiger partial charge is 0.292 e. The Bertz CT molecular complexity index is 1860. The minimum absolute atomic E-state index is 0.0612. The van der Waals surface area contributed by atoms with Crippen LogP contribution in [0.1, 0.15) is 45.2 Å². The number of benzene rings is 2. The van der Waals surface area contributed by atoms with Gasteiger partial charge in [-0.15, -0.1) is 4.33 Å². The Hall–Kier alpha value is -3.95. The summed E-state index contributed by atoms with van der Waals surface area (Å²) in [5.74, 6) is -0.318. The van der Waals surface area contributed by atoms with Gasteiger partial charge in [-0.1, -0.05) is 32.7 Å². The predicted molar refractivity (Wildman–Crippen MR) is 154 cm³/mol. The summed E-state index contributed by atoms with van der Waals surface area (Å²) in [6, 6.07) is 10.2. The van der Waals surface area contributed by atoms with E-state index in [9.17, 15) is 23.0 Å². The SMILES string of the molecule is [C-]#[N+]C(C#N)C1=C(CC2=Nc3ccc(S(=O)(=O)O)cc3C2(C)C)C(=O)C1=CC1=Nc2ccc(SOOO)cc2C1(C)C. The molecule has 1 atom stereocenters. The fourth-order valence-corrected chi connectivity index (χ4v) is 6.32. The van der Waals surface area contributed by atoms with E-state index >= 15 is 0 Å². The minimum Gasteiger partial charge on any atom is -0.292 e. The van der Waals surface area contributed by atoms with Crippen LogP contribution in [0.2, 0.25) is 0 Å². The fourth-order valence-electron chi connectivity index (χ4n) is 5.42. The summed E-state index contributed by atoms with van der Waals surface area (Å²) >= 11 is 0.818. The summed E-state index contributed by atoms with van der Waals surface area (Å²) in [4.78, 5) is 26.8. The summed E-state index contributed by atoms with van der Waals surface area (Å²) in [6.07, 6.45) is 1.69. The van der Waals surface area contributed by atoms with Crippen LogP contribution in [0.4, 0.5) is 11.4 Å². The fraction of sp³-hybridized carbons (Fsp3) is 0.276. The van der Waals surface area contributed by atoms with Gasteiger partial charge in [0, 0.05) is 39.0 Å². The van der Waals surface area contributed by atoms with Crippen molar-refractivity contribution in [1.82, 2.24) is 0 Å². The number of hydrogen-bond donors (Lipinski definition) is 2. The summed E-state index contributed by atoms with van der Waals surface area (Å²) in [5.41, 5.74) is 3.21. The van der Waals surface area contributed by atoms with Crippen molar-refractivity contribution in [3.63, 3.8) is 0 Å². The highest BCUT2D eigenvalue weighted by atomic mass is 32.2. The monoisotopic (exact) mass is 604 g/mol. The quantitative estimate of drug-likeness (QED) is 0.0947. The Morgan fingerprint density at radius 1 is 1.12 bits per heavy atom. The van der Waals surface area contributed by atoms with E-state index in [1.165, 1.54) is 18.2 Å². The van der Waals surface area contributed by atoms with E-state index in [0.717, 1.165) is 17.6 Å². The van der Waals surface area contributed by atoms with Crippen molar-refractivity contribution in [3.05, 3.63) is 81.7 Å². The lowest BCUT2D eigenvalue weighted by molar-refractivity contribution is -0.432. The van der Waals surface area contributed by atoms with Crippen LogP contribution in [-0.2, 0) is 35.1 Å². The first kappa shape index (κ1) is 29.5. The summed E-state index contributed by atoms with van der Waals surface area (Å²) < 4.78 is 37.5. The van der Waals surface area contributed by atoms with Crippen molar-refractivity contribution in [1.29, 1.82) is 5.26 Å². The van der Waals surface area contributed by atoms with E-state index in [2.05, 4.69) is 19.2 Å². The summed E-state index contributed by atoms with van der Waals surface area (Å²) in [6.45, 7) is 15.2. The molecule has 5 rings (SSSR count). The lowest BCUT2D eigenvalue weighted by atomic mass is 9.70. The number of rotatable bonds is 8. The van der Waals surface area contributed by atoms with Crippen LogP contribution in [-0.4, -0.2) is 41.5 Å². The standard InChI is InChI=1S/C29H24N4O7S2/c1-28(2)19-10-15(41-40-39-35)6-8-21(19)32-24(28)12-17-26(23(14-30)31-5)18(27(17)34)13-25-29(3,4)20-11-16(42(36,37)38)7-9-22(20)33-25/h6-12,23,35H,13H2,1-4H3,(H,36,37,38). The Morgan fingerprint density at radius 3 is 2.43 bits per heavy atom. The molecule has 0 bridgehead atoms. The first-order chi connectivity index (χ1) is 19.7. The molecule has 0 aromatic heterocycles. The second-order valence-corrected chi connectivity index (χ2v) is 13.2. The van der Waals surface area contributed by atoms with Crippen molar-refractivity contribution in [2.75, 3.05) is 0 Å². The van der Waals surface area contributed by atoms with Gasteiger partial charge in [-0.05, 0) is 53.6 Å². The third-order valence-corrected chi connectivity index (χ3v) is 9.31. The topological polar surface area (TPSA) is 163 Å². The van der Waals surface area contributed by atoms with Crippen LogP contribution < -0.4 is 0 Å². The average Bonchev–Trinajstić information content (AvgIpc) is 3.35. The normalized spacial score (nSPS) is 19.8. The zero-order chi connectivity index (χ0) is 30.6. The number of ketones is 1. The predicted octanol–water partition coefficient (Wildman–Crippen LogP) is 5.80. The molecule has 42 heavy (non-hydrogen) atoms. The van der Waals surface area contributed by atoms with Crippen molar-refractivity contribution >= 4 is 50.7 Å². The molecule has 2 aromatic rings. The van der Waals surface area contributed by atoms with E-state index in [4.69, 9.17) is 16.8 Å². The number of hydrogen-bond acceptors (Lipinski definition) is 10. The maximum Gasteiger partial charge on any atom is 0.333 e. The van der Waals surface area contributed by atoms with E-state index < -0.39 is 27.0 Å². The van der Waals surface area contributed by atoms with Gasteiger partial charge in [0.1, 0.15) is 0 Å². The molecular weight excluding hydrogens is 580 g/mol. The Balaban J connectivity index is 1.51. The van der Waals surface area contributed by atoms with E-state index in [-0.39, 0.29) is 22.7 Å². The largest absolute Gasteiger partial charge is 0.333 e. The van der Waals surface area contributed by atoms with Gasteiger partial charge in [-0.2, -0.15) is 13.7 Å². The number of aliphatic imine (C=N–C) groups is 2. The number of allylic oxidation sites excluding steroid dienone is 2. The molecule has 11 nitrogen and oxygen atoms in total. The molecule has 2 aromatic carbocycles. The second kappa shape index (κ2) is 10.4. The molecule has 0 fully saturated rings. The number of Topliss-reactive ketones (excluding diaryl/α,β-unsaturated/α-hetero) is 1. The molecule has 2 aliphatic heterocycles. The second-order valence-electron chi connectivity index (χ2n) is 11.0.